The lowest BCUT2D eigenvalue weighted by atomic mass is 10.0. The molecule has 20 heavy (non-hydrogen) atoms. The fraction of sp³-hybridized carbons (Fsp3) is 0.938. The van der Waals surface area contributed by atoms with Crippen molar-refractivity contribution in [3.63, 3.8) is 0 Å². The van der Waals surface area contributed by atoms with Crippen molar-refractivity contribution in [1.82, 2.24) is 9.80 Å². The van der Waals surface area contributed by atoms with Crippen molar-refractivity contribution in [2.45, 2.75) is 69.6 Å². The number of fused-ring (bicyclic) bond motifs is 2. The van der Waals surface area contributed by atoms with Gasteiger partial charge in [-0.2, -0.15) is 0 Å². The number of hydrogen-bond donors (Lipinski definition) is 0. The molecule has 3 aliphatic heterocycles. The zero-order valence-electron chi connectivity index (χ0n) is 12.7. The quantitative estimate of drug-likeness (QED) is 0.738. The summed E-state index contributed by atoms with van der Waals surface area (Å²) in [6.07, 6.45) is 9.32. The van der Waals surface area contributed by atoms with Crippen LogP contribution in [0.1, 0.15) is 51.4 Å². The maximum Gasteiger partial charge on any atom is 0.307 e. The minimum Gasteiger partial charge on any atom is -0.462 e. The molecule has 0 N–H and O–H groups in total. The molecule has 0 saturated carbocycles. The van der Waals surface area contributed by atoms with Gasteiger partial charge >= 0.3 is 5.97 Å². The van der Waals surface area contributed by atoms with Gasteiger partial charge in [0.1, 0.15) is 6.10 Å². The van der Waals surface area contributed by atoms with Crippen LogP contribution < -0.4 is 0 Å². The van der Waals surface area contributed by atoms with Gasteiger partial charge in [-0.1, -0.05) is 6.42 Å². The Kier molecular flexibility index (Phi) is 4.61. The highest BCUT2D eigenvalue weighted by Gasteiger charge is 2.39. The van der Waals surface area contributed by atoms with Crippen LogP contribution in [0, 0.1) is 0 Å². The van der Waals surface area contributed by atoms with E-state index in [2.05, 4.69) is 16.8 Å². The molecule has 3 rings (SSSR count). The third-order valence-electron chi connectivity index (χ3n) is 5.43. The van der Waals surface area contributed by atoms with Crippen LogP contribution in [0.3, 0.4) is 0 Å². The number of likely N-dealkylation sites (tertiary alicyclic amines) is 1. The van der Waals surface area contributed by atoms with E-state index < -0.39 is 0 Å². The summed E-state index contributed by atoms with van der Waals surface area (Å²) in [5, 5.41) is 0. The lowest BCUT2D eigenvalue weighted by Gasteiger charge is -2.36. The van der Waals surface area contributed by atoms with Crippen LogP contribution in [0.15, 0.2) is 0 Å². The molecule has 0 radical (unpaired) electrons. The van der Waals surface area contributed by atoms with Crippen molar-refractivity contribution in [3.05, 3.63) is 0 Å². The molecule has 3 saturated heterocycles. The van der Waals surface area contributed by atoms with Crippen LogP contribution in [0.25, 0.3) is 0 Å². The molecule has 0 spiro atoms. The largest absolute Gasteiger partial charge is 0.462 e. The number of carbonyl (C=O) groups excluding carboxylic acids is 1. The normalized spacial score (nSPS) is 35.1. The fourth-order valence-corrected chi connectivity index (χ4v) is 4.14. The van der Waals surface area contributed by atoms with E-state index in [-0.39, 0.29) is 12.1 Å². The Labute approximate surface area is 122 Å². The van der Waals surface area contributed by atoms with Gasteiger partial charge in [0.2, 0.25) is 0 Å². The van der Waals surface area contributed by atoms with E-state index in [1.807, 2.05) is 0 Å². The Morgan fingerprint density at radius 1 is 1.10 bits per heavy atom. The molecule has 3 fully saturated rings. The number of carbonyl (C=O) groups is 1. The predicted molar refractivity (Wildman–Crippen MR) is 78.6 cm³/mol. The Bertz CT molecular complexity index is 327. The first-order chi connectivity index (χ1) is 9.72. The van der Waals surface area contributed by atoms with Crippen LogP contribution in [0.5, 0.6) is 0 Å². The number of hydrogen-bond acceptors (Lipinski definition) is 4. The standard InChI is InChI=1S/C16H28N2O2/c1-17-13-5-6-14(17)12-15(11-13)20-16(19)7-10-18-8-3-2-4-9-18/h13-15H,2-12H2,1H3/t13-,14-/m1/s1. The van der Waals surface area contributed by atoms with Crippen LogP contribution in [0.4, 0.5) is 0 Å². The average molecular weight is 280 g/mol. The summed E-state index contributed by atoms with van der Waals surface area (Å²) in [4.78, 5) is 16.9. The van der Waals surface area contributed by atoms with Gasteiger partial charge in [-0.3, -0.25) is 4.79 Å². The maximum absolute atomic E-state index is 12.0. The molecule has 4 heteroatoms. The predicted octanol–water partition coefficient (Wildman–Crippen LogP) is 2.03. The third kappa shape index (κ3) is 3.34. The SMILES string of the molecule is CN1[C@@H]2CC[C@@H]1CC(OC(=O)CCN1CCCCC1)C2. The summed E-state index contributed by atoms with van der Waals surface area (Å²) in [5.41, 5.74) is 0. The first-order valence-corrected chi connectivity index (χ1v) is 8.36. The Hall–Kier alpha value is -0.610. The van der Waals surface area contributed by atoms with Crippen molar-refractivity contribution >= 4 is 5.97 Å². The lowest BCUT2D eigenvalue weighted by Crippen LogP contribution is -2.43. The molecule has 0 aromatic rings. The Balaban J connectivity index is 1.38. The lowest BCUT2D eigenvalue weighted by molar-refractivity contribution is -0.152. The second-order valence-electron chi connectivity index (χ2n) is 6.79. The van der Waals surface area contributed by atoms with E-state index in [1.54, 1.807) is 0 Å². The zero-order chi connectivity index (χ0) is 13.9. The van der Waals surface area contributed by atoms with Gasteiger partial charge in [-0.05, 0) is 58.7 Å². The number of rotatable bonds is 4. The van der Waals surface area contributed by atoms with Crippen LogP contribution in [-0.4, -0.2) is 60.6 Å². The summed E-state index contributed by atoms with van der Waals surface area (Å²) >= 11 is 0. The smallest absolute Gasteiger partial charge is 0.307 e. The Morgan fingerprint density at radius 3 is 2.40 bits per heavy atom. The molecule has 3 heterocycles. The molecule has 0 aliphatic carbocycles. The summed E-state index contributed by atoms with van der Waals surface area (Å²) in [6.45, 7) is 3.20. The number of nitrogens with zero attached hydrogens (tertiary/aromatic N) is 2. The molecular weight excluding hydrogens is 252 g/mol. The Morgan fingerprint density at radius 2 is 1.75 bits per heavy atom. The summed E-state index contributed by atoms with van der Waals surface area (Å²) in [6, 6.07) is 1.29. The molecule has 0 unspecified atom stereocenters. The third-order valence-corrected chi connectivity index (χ3v) is 5.43. The fourth-order valence-electron chi connectivity index (χ4n) is 4.14. The van der Waals surface area contributed by atoms with Crippen molar-refractivity contribution in [2.75, 3.05) is 26.7 Å². The molecule has 2 bridgehead atoms. The van der Waals surface area contributed by atoms with Crippen molar-refractivity contribution in [3.8, 4) is 0 Å². The highest BCUT2D eigenvalue weighted by molar-refractivity contribution is 5.69. The van der Waals surface area contributed by atoms with E-state index in [0.717, 1.165) is 32.5 Å². The van der Waals surface area contributed by atoms with Gasteiger partial charge in [-0.15, -0.1) is 0 Å². The average Bonchev–Trinajstić information content (AvgIpc) is 2.68. The highest BCUT2D eigenvalue weighted by atomic mass is 16.5. The van der Waals surface area contributed by atoms with Crippen LogP contribution >= 0.6 is 0 Å². The van der Waals surface area contributed by atoms with Gasteiger partial charge in [-0.25, -0.2) is 0 Å². The van der Waals surface area contributed by atoms with Gasteiger partial charge < -0.3 is 14.5 Å². The first kappa shape index (κ1) is 14.3. The molecule has 114 valence electrons. The molecule has 0 aromatic heterocycles. The van der Waals surface area contributed by atoms with E-state index in [1.165, 1.54) is 32.1 Å². The summed E-state index contributed by atoms with van der Waals surface area (Å²) in [5.74, 6) is 0.0181. The van der Waals surface area contributed by atoms with Crippen molar-refractivity contribution in [2.24, 2.45) is 0 Å². The highest BCUT2D eigenvalue weighted by Crippen LogP contribution is 2.35. The minimum absolute atomic E-state index is 0.0181. The second-order valence-corrected chi connectivity index (χ2v) is 6.79. The molecule has 4 nitrogen and oxygen atoms in total. The topological polar surface area (TPSA) is 32.8 Å². The minimum atomic E-state index is 0.0181. The van der Waals surface area contributed by atoms with Crippen LogP contribution in [0.2, 0.25) is 0 Å². The number of ether oxygens (including phenoxy) is 1. The molecule has 0 amide bonds. The van der Waals surface area contributed by atoms with Gasteiger partial charge in [0, 0.05) is 18.6 Å². The molecule has 2 atom stereocenters. The van der Waals surface area contributed by atoms with Gasteiger partial charge in [0.05, 0.1) is 6.42 Å². The monoisotopic (exact) mass is 280 g/mol. The summed E-state index contributed by atoms with van der Waals surface area (Å²) < 4.78 is 5.72. The van der Waals surface area contributed by atoms with Crippen LogP contribution in [-0.2, 0) is 9.53 Å². The number of piperidine rings is 2. The number of esters is 1. The van der Waals surface area contributed by atoms with E-state index in [0.29, 0.717) is 18.5 Å². The van der Waals surface area contributed by atoms with Gasteiger partial charge in [0.15, 0.2) is 0 Å². The summed E-state index contributed by atoms with van der Waals surface area (Å²) in [7, 11) is 2.22. The molecule has 3 aliphatic rings. The van der Waals surface area contributed by atoms with Crippen molar-refractivity contribution in [1.29, 1.82) is 0 Å². The first-order valence-electron chi connectivity index (χ1n) is 8.36. The van der Waals surface area contributed by atoms with E-state index in [4.69, 9.17) is 4.74 Å². The molecule has 0 aromatic carbocycles. The van der Waals surface area contributed by atoms with E-state index in [9.17, 15) is 4.79 Å². The van der Waals surface area contributed by atoms with E-state index >= 15 is 0 Å². The second kappa shape index (κ2) is 6.44. The van der Waals surface area contributed by atoms with Crippen molar-refractivity contribution < 1.29 is 9.53 Å². The zero-order valence-corrected chi connectivity index (χ0v) is 12.7. The van der Waals surface area contributed by atoms with Gasteiger partial charge in [0.25, 0.3) is 0 Å². The molecular formula is C16H28N2O2. The maximum atomic E-state index is 12.0.